The lowest BCUT2D eigenvalue weighted by atomic mass is 10.0. The number of aryl methyl sites for hydroxylation is 3. The standard InChI is InChI=1S/2C21H29N5O.2C14H18N2O2.C13H21N5O.C8H9Br.C7H13N.6H2S/c2*1-14-6-4-8-19(15(14)2)26-11-9-17-18(12-26)23-21(24-20(17)22)27-13-16-7-5-10-25(16)3;2*1-4-16(12(2)10-15-3)14(17)18-11-13-8-6-5-7-9-13;1-18-6-2-3-9(18)8-19-13-16-11-7-15-5-4-10(11)12(14)17-13;1-6-4-3-5-8(9)7(6)2;1-4-5-7(2)6-8-3;;;;;;/h2*4,6,8,16H,5,7,9-13H2,1-3H3,(H2,22,23,24);2*5-9,12H,4,10-11H2,1-2H3;9,15H,2-8H2,1H3,(H2,14,16,17);3-5H,1-2H3;7H,4-6H2,1-2H3;6*1H2/t2*16-;2*12-;9-;;7-;;;;;;/m00110.0....../s1. The van der Waals surface area contributed by atoms with Gasteiger partial charge in [-0.2, -0.15) is 111 Å². The Bertz CT molecular complexity index is 4650. The van der Waals surface area contributed by atoms with E-state index >= 15 is 0 Å². The van der Waals surface area contributed by atoms with Crippen LogP contribution < -0.4 is 46.5 Å². The number of carbonyl (C=O) groups is 2. The first-order valence-electron chi connectivity index (χ1n) is 44.6. The molecule has 2 amide bonds. The molecule has 8 aromatic rings. The Morgan fingerprint density at radius 2 is 0.833 bits per heavy atom. The third-order valence-corrected chi connectivity index (χ3v) is 25.1. The van der Waals surface area contributed by atoms with E-state index in [2.05, 4.69) is 205 Å². The van der Waals surface area contributed by atoms with Gasteiger partial charge in [0.1, 0.15) is 62.6 Å². The lowest BCUT2D eigenvalue weighted by Gasteiger charge is -2.32. The number of amides is 2. The Hall–Kier alpha value is -8.83. The third-order valence-electron chi connectivity index (χ3n) is 24.2. The summed E-state index contributed by atoms with van der Waals surface area (Å²) in [6, 6.07) is 40.6. The number of carbonyl (C=O) groups excluding carboxylic acids is 2. The SMILES string of the molecule is CN1CCC[C@H]1COc1nc(N)c2c(n1)CNCC2.Cc1cccc(Br)c1C.Cc1cccc(N2CCc3c(N)nc(OC[C@@H]4CCCN4C)nc3C2)c1C.Cc1cccc(N2CCc3c(N)nc(OC[C@@H]4CCCN4C)nc3C2)c1C.S.S.S.S.S.S.[C-]#[N+]C[C@@H](C)CCC.[C-]#[N+]C[C@@H](C)N(CC)C(=O)OCc1ccccc1.[C-]#[N+]C[C@@H](C)N(CC)C(=O)OCc1ccccc1. The number of aromatic nitrogens is 6. The van der Waals surface area contributed by atoms with Gasteiger partial charge in [0.15, 0.2) is 0 Å². The van der Waals surface area contributed by atoms with Gasteiger partial charge in [-0.15, -0.1) is 0 Å². The van der Waals surface area contributed by atoms with Crippen LogP contribution >= 0.6 is 96.9 Å². The zero-order valence-electron chi connectivity index (χ0n) is 80.3. The van der Waals surface area contributed by atoms with Crippen molar-refractivity contribution >= 4 is 138 Å². The highest BCUT2D eigenvalue weighted by Crippen LogP contribution is 2.34. The van der Waals surface area contributed by atoms with Crippen LogP contribution in [-0.4, -0.2) is 210 Å². The molecule has 0 unspecified atom stereocenters. The van der Waals surface area contributed by atoms with Crippen LogP contribution in [0.2, 0.25) is 0 Å². The normalized spacial score (nSPS) is 16.1. The highest BCUT2D eigenvalue weighted by molar-refractivity contribution is 9.10. The van der Waals surface area contributed by atoms with Gasteiger partial charge in [-0.1, -0.05) is 133 Å². The first-order chi connectivity index (χ1) is 60.7. The molecule has 0 saturated carbocycles. The molecule has 7 N–H and O–H groups in total. The molecule has 34 heteroatoms. The molecule has 132 heavy (non-hydrogen) atoms. The van der Waals surface area contributed by atoms with Gasteiger partial charge in [-0.3, -0.25) is 9.80 Å². The molecule has 5 aromatic carbocycles. The number of rotatable bonds is 24. The molecule has 3 fully saturated rings. The summed E-state index contributed by atoms with van der Waals surface area (Å²) in [7, 11) is 6.42. The van der Waals surface area contributed by atoms with Crippen molar-refractivity contribution in [1.82, 2.24) is 59.7 Å². The topological polar surface area (TPSA) is 283 Å². The van der Waals surface area contributed by atoms with Gasteiger partial charge >= 0.3 is 30.2 Å². The summed E-state index contributed by atoms with van der Waals surface area (Å²) in [5.74, 6) is 2.31. The molecule has 6 aliphatic rings. The quantitative estimate of drug-likeness (QED) is 0.0409. The molecule has 27 nitrogen and oxygen atoms in total. The van der Waals surface area contributed by atoms with Gasteiger partial charge < -0.3 is 85.2 Å². The molecular weight excluding hydrogens is 1840 g/mol. The first-order valence-corrected chi connectivity index (χ1v) is 45.4. The fraction of sp³-hybridized carbons (Fsp3) is 0.520. The summed E-state index contributed by atoms with van der Waals surface area (Å²) in [6.45, 7) is 58.1. The molecule has 0 bridgehead atoms. The van der Waals surface area contributed by atoms with E-state index in [1.54, 1.807) is 9.80 Å². The van der Waals surface area contributed by atoms with E-state index in [-0.39, 0.29) is 118 Å². The fourth-order valence-electron chi connectivity index (χ4n) is 15.8. The van der Waals surface area contributed by atoms with Crippen LogP contribution in [0.15, 0.2) is 120 Å². The second-order valence-electron chi connectivity index (χ2n) is 33.4. The van der Waals surface area contributed by atoms with Gasteiger partial charge in [0.2, 0.25) is 19.6 Å². The monoisotopic (exact) mass is 1990 g/mol. The van der Waals surface area contributed by atoms with Crippen molar-refractivity contribution in [2.75, 3.05) is 140 Å². The summed E-state index contributed by atoms with van der Waals surface area (Å²) in [5.41, 5.74) is 37.0. The van der Waals surface area contributed by atoms with Gasteiger partial charge in [-0.05, 0) is 243 Å². The Kier molecular flexibility index (Phi) is 56.6. The Morgan fingerprint density at radius 1 is 0.477 bits per heavy atom. The maximum absolute atomic E-state index is 11.9. The number of likely N-dealkylation sites (N-methyl/N-ethyl adjacent to an activating group) is 5. The summed E-state index contributed by atoms with van der Waals surface area (Å²) in [4.78, 5) is 75.5. The van der Waals surface area contributed by atoms with Crippen molar-refractivity contribution in [1.29, 1.82) is 0 Å². The molecule has 14 rings (SSSR count). The summed E-state index contributed by atoms with van der Waals surface area (Å²) < 4.78 is 29.3. The van der Waals surface area contributed by atoms with Crippen molar-refractivity contribution < 1.29 is 33.3 Å². The lowest BCUT2D eigenvalue weighted by Crippen LogP contribution is -2.40. The molecule has 9 heterocycles. The van der Waals surface area contributed by atoms with E-state index in [0.717, 1.165) is 136 Å². The van der Waals surface area contributed by atoms with Crippen molar-refractivity contribution in [2.24, 2.45) is 5.92 Å². The minimum atomic E-state index is -0.363. The minimum absolute atomic E-state index is 0. The van der Waals surface area contributed by atoms with Crippen LogP contribution in [-0.2, 0) is 61.6 Å². The van der Waals surface area contributed by atoms with E-state index < -0.39 is 0 Å². The molecule has 0 aliphatic carbocycles. The minimum Gasteiger partial charge on any atom is -0.462 e. The number of hydrogen-bond donors (Lipinski definition) is 4. The average molecular weight is 1990 g/mol. The van der Waals surface area contributed by atoms with Crippen molar-refractivity contribution in [3.05, 3.63) is 232 Å². The summed E-state index contributed by atoms with van der Waals surface area (Å²) in [5, 5.41) is 3.29. The van der Waals surface area contributed by atoms with E-state index in [1.807, 2.05) is 94.4 Å². The van der Waals surface area contributed by atoms with Gasteiger partial charge in [0, 0.05) is 89.3 Å². The van der Waals surface area contributed by atoms with Crippen LogP contribution in [0.1, 0.15) is 171 Å². The number of benzene rings is 5. The first kappa shape index (κ1) is 119. The molecular formula is C98H149BrN20O7S6. The predicted octanol–water partition coefficient (Wildman–Crippen LogP) is 17.6. The predicted molar refractivity (Wildman–Crippen MR) is 571 cm³/mol. The Balaban J connectivity index is 0.000000533. The zero-order chi connectivity index (χ0) is 91.2. The van der Waals surface area contributed by atoms with Crippen molar-refractivity contribution in [3.8, 4) is 18.0 Å². The second kappa shape index (κ2) is 62.7. The number of likely N-dealkylation sites (tertiary alicyclic amines) is 3. The van der Waals surface area contributed by atoms with E-state index in [1.165, 1.54) is 87.8 Å². The molecule has 6 atom stereocenters. The number of hydrogen-bond acceptors (Lipinski definition) is 22. The fourth-order valence-corrected chi connectivity index (χ4v) is 16.3. The van der Waals surface area contributed by atoms with Crippen LogP contribution in [0, 0.1) is 67.2 Å². The number of nitrogen functional groups attached to an aromatic ring is 3. The third kappa shape index (κ3) is 37.1. The second-order valence-corrected chi connectivity index (χ2v) is 34.2. The number of nitrogens with one attached hydrogen (secondary N) is 1. The largest absolute Gasteiger partial charge is 0.462 e. The van der Waals surface area contributed by atoms with Crippen LogP contribution in [0.25, 0.3) is 14.5 Å². The number of ether oxygens (including phenoxy) is 5. The molecule has 3 saturated heterocycles. The maximum Gasteiger partial charge on any atom is 0.410 e. The van der Waals surface area contributed by atoms with E-state index in [9.17, 15) is 9.59 Å². The number of nitrogens with zero attached hydrogens (tertiary/aromatic N) is 16. The average Bonchev–Trinajstić information content (AvgIpc) is 0.838. The highest BCUT2D eigenvalue weighted by Gasteiger charge is 2.30. The summed E-state index contributed by atoms with van der Waals surface area (Å²) >= 11 is 3.45. The zero-order valence-corrected chi connectivity index (χ0v) is 87.9. The van der Waals surface area contributed by atoms with E-state index in [4.69, 9.17) is 70.6 Å². The highest BCUT2D eigenvalue weighted by atomic mass is 79.9. The van der Waals surface area contributed by atoms with Crippen LogP contribution in [0.4, 0.5) is 38.4 Å². The lowest BCUT2D eigenvalue weighted by molar-refractivity contribution is 0.0869. The smallest absolute Gasteiger partial charge is 0.410 e. The van der Waals surface area contributed by atoms with Gasteiger partial charge in [0.05, 0.1) is 30.2 Å². The molecule has 6 aliphatic heterocycles. The summed E-state index contributed by atoms with van der Waals surface area (Å²) in [6.07, 6.45) is 11.5. The van der Waals surface area contributed by atoms with Crippen LogP contribution in [0.5, 0.6) is 18.0 Å². The molecule has 3 aromatic heterocycles. The molecule has 0 spiro atoms. The van der Waals surface area contributed by atoms with Crippen molar-refractivity contribution in [3.63, 3.8) is 0 Å². The number of anilines is 5. The molecule has 0 radical (unpaired) electrons. The number of nitrogens with two attached hydrogens (primary N) is 3. The van der Waals surface area contributed by atoms with E-state index in [0.29, 0.717) is 112 Å². The number of fused-ring (bicyclic) bond motifs is 3. The Morgan fingerprint density at radius 3 is 1.17 bits per heavy atom. The van der Waals surface area contributed by atoms with Gasteiger partial charge in [-0.25, -0.2) is 29.3 Å². The van der Waals surface area contributed by atoms with Crippen molar-refractivity contribution in [2.45, 2.75) is 217 Å². The molecule has 726 valence electrons. The number of halogens is 1. The maximum atomic E-state index is 11.9. The van der Waals surface area contributed by atoms with Gasteiger partial charge in [0.25, 0.3) is 0 Å². The van der Waals surface area contributed by atoms with Crippen LogP contribution in [0.3, 0.4) is 0 Å². The Labute approximate surface area is 837 Å².